The molecule has 0 saturated heterocycles. The van der Waals surface area contributed by atoms with Crippen molar-refractivity contribution in [2.45, 2.75) is 57.8 Å². The van der Waals surface area contributed by atoms with E-state index in [4.69, 9.17) is 4.42 Å². The normalized spacial score (nSPS) is 15.0. The summed E-state index contributed by atoms with van der Waals surface area (Å²) in [4.78, 5) is 2.53. The highest BCUT2D eigenvalue weighted by Crippen LogP contribution is 2.56. The average Bonchev–Trinajstić information content (AvgIpc) is 4.04. The Morgan fingerprint density at radius 2 is 0.592 bits per heavy atom. The number of hydrogen-bond donors (Lipinski definition) is 0. The molecule has 1 aromatic heterocycles. The van der Waals surface area contributed by atoms with Crippen LogP contribution in [0.1, 0.15) is 74.9 Å². The second-order valence-corrected chi connectivity index (χ2v) is 21.7. The fourth-order valence-corrected chi connectivity index (χ4v) is 12.7. The Hall–Kier alpha value is -8.20. The van der Waals surface area contributed by atoms with Crippen LogP contribution in [-0.2, 0) is 16.2 Å². The first-order valence-electron chi connectivity index (χ1n) is 25.1. The molecule has 0 aliphatic heterocycles. The van der Waals surface area contributed by atoms with Crippen LogP contribution >= 0.6 is 0 Å². The summed E-state index contributed by atoms with van der Waals surface area (Å²) < 4.78 is 6.22. The molecule has 14 rings (SSSR count). The zero-order valence-electron chi connectivity index (χ0n) is 41.1. The van der Waals surface area contributed by atoms with Crippen LogP contribution in [-0.4, -0.2) is 0 Å². The molecule has 0 spiro atoms. The summed E-state index contributed by atoms with van der Waals surface area (Å²) in [7, 11) is 0. The molecule has 0 bridgehead atoms. The zero-order valence-corrected chi connectivity index (χ0v) is 41.1. The van der Waals surface area contributed by atoms with Crippen LogP contribution in [0.2, 0.25) is 0 Å². The molecule has 0 N–H and O–H groups in total. The van der Waals surface area contributed by atoms with Gasteiger partial charge in [-0.3, -0.25) is 0 Å². The minimum atomic E-state index is -0.245. The first-order chi connectivity index (χ1) is 34.4. The molecule has 0 atom stereocenters. The lowest BCUT2D eigenvalue weighted by atomic mass is 9.81. The first-order valence-corrected chi connectivity index (χ1v) is 25.1. The van der Waals surface area contributed by atoms with Gasteiger partial charge < -0.3 is 9.32 Å². The monoisotopic (exact) mass is 911 g/mol. The van der Waals surface area contributed by atoms with Gasteiger partial charge in [-0.25, -0.2) is 0 Å². The van der Waals surface area contributed by atoms with Gasteiger partial charge in [0, 0.05) is 44.1 Å². The van der Waals surface area contributed by atoms with Crippen LogP contribution in [0.25, 0.3) is 88.7 Å². The fraction of sp³-hybridized carbons (Fsp3) is 0.130. The number of benzene rings is 10. The SMILES string of the molecule is CC1(C)c2cc(-c3ccccc3)ccc2-c2ccc(N(c3ccc4c(c3)C(C)(C)c3cc(-c5ccccc5)ccc3-4)c3ccc4c(c3)C(C)(C)c3cc(-c5ccc6oc7ccccc7c6c5)ccc3-4)cc21. The highest BCUT2D eigenvalue weighted by molar-refractivity contribution is 6.06. The summed E-state index contributed by atoms with van der Waals surface area (Å²) in [6.45, 7) is 14.4. The maximum atomic E-state index is 6.22. The van der Waals surface area contributed by atoms with Crippen molar-refractivity contribution < 1.29 is 4.42 Å². The van der Waals surface area contributed by atoms with Gasteiger partial charge >= 0.3 is 0 Å². The molecule has 2 nitrogen and oxygen atoms in total. The number of hydrogen-bond acceptors (Lipinski definition) is 2. The molecule has 10 aromatic carbocycles. The second kappa shape index (κ2) is 14.9. The summed E-state index contributed by atoms with van der Waals surface area (Å²) in [5.74, 6) is 0. The van der Waals surface area contributed by atoms with E-state index in [1.165, 1.54) is 100 Å². The van der Waals surface area contributed by atoms with Gasteiger partial charge in [0.15, 0.2) is 0 Å². The molecule has 11 aromatic rings. The number of nitrogens with zero attached hydrogens (tertiary/aromatic N) is 1. The van der Waals surface area contributed by atoms with Gasteiger partial charge in [0.1, 0.15) is 11.2 Å². The molecule has 0 amide bonds. The van der Waals surface area contributed by atoms with Crippen LogP contribution in [0.4, 0.5) is 17.1 Å². The van der Waals surface area contributed by atoms with E-state index in [0.717, 1.165) is 39.0 Å². The minimum absolute atomic E-state index is 0.205. The molecule has 71 heavy (non-hydrogen) atoms. The van der Waals surface area contributed by atoms with Crippen molar-refractivity contribution in [2.24, 2.45) is 0 Å². The fourth-order valence-electron chi connectivity index (χ4n) is 12.7. The highest BCUT2D eigenvalue weighted by atomic mass is 16.3. The summed E-state index contributed by atoms with van der Waals surface area (Å²) in [5, 5.41) is 2.30. The third-order valence-corrected chi connectivity index (χ3v) is 16.7. The summed E-state index contributed by atoms with van der Waals surface area (Å²) in [6.07, 6.45) is 0. The van der Waals surface area contributed by atoms with Crippen LogP contribution in [0.15, 0.2) is 217 Å². The molecular weight excluding hydrogens is 859 g/mol. The molecule has 3 aliphatic carbocycles. The summed E-state index contributed by atoms with van der Waals surface area (Å²) in [6, 6.07) is 79.4. The van der Waals surface area contributed by atoms with Crippen molar-refractivity contribution in [1.29, 1.82) is 0 Å². The average molecular weight is 912 g/mol. The van der Waals surface area contributed by atoms with Gasteiger partial charge in [0.2, 0.25) is 0 Å². The zero-order chi connectivity index (χ0) is 48.0. The van der Waals surface area contributed by atoms with E-state index in [-0.39, 0.29) is 16.2 Å². The van der Waals surface area contributed by atoms with E-state index >= 15 is 0 Å². The largest absolute Gasteiger partial charge is 0.456 e. The first kappa shape index (κ1) is 41.7. The number of para-hydroxylation sites is 1. The van der Waals surface area contributed by atoms with Gasteiger partial charge in [-0.05, 0) is 173 Å². The lowest BCUT2D eigenvalue weighted by Gasteiger charge is -2.31. The molecule has 0 radical (unpaired) electrons. The maximum absolute atomic E-state index is 6.22. The van der Waals surface area contributed by atoms with Crippen LogP contribution < -0.4 is 4.90 Å². The molecular formula is C69H53NO. The molecule has 0 saturated carbocycles. The van der Waals surface area contributed by atoms with Gasteiger partial charge in [0.25, 0.3) is 0 Å². The van der Waals surface area contributed by atoms with Crippen molar-refractivity contribution in [3.8, 4) is 66.8 Å². The Bertz CT molecular complexity index is 3870. The maximum Gasteiger partial charge on any atom is 0.135 e. The standard InChI is InChI=1S/C69H53NO/c1-67(2)59-36-45(42-15-9-7-10-16-42)21-28-51(59)54-31-25-48(39-62(54)67)70(49-26-32-55-52-29-22-46(43-17-11-8-12-18-43)37-60(52)68(3,4)63(55)40-49)50-27-33-56-53-30-23-47(38-61(53)69(5,6)64(56)41-50)44-24-34-66-58(35-44)57-19-13-14-20-65(57)71-66/h7-41H,1-6H3. The Labute approximate surface area is 416 Å². The molecule has 0 fully saturated rings. The van der Waals surface area contributed by atoms with E-state index in [2.05, 4.69) is 253 Å². The van der Waals surface area contributed by atoms with Gasteiger partial charge in [-0.1, -0.05) is 181 Å². The molecule has 0 unspecified atom stereocenters. The molecule has 2 heteroatoms. The lowest BCUT2D eigenvalue weighted by Crippen LogP contribution is -2.19. The van der Waals surface area contributed by atoms with Crippen molar-refractivity contribution in [1.82, 2.24) is 0 Å². The van der Waals surface area contributed by atoms with E-state index in [1.807, 2.05) is 6.07 Å². The molecule has 3 aliphatic rings. The van der Waals surface area contributed by atoms with Gasteiger partial charge in [-0.2, -0.15) is 0 Å². The Morgan fingerprint density at radius 3 is 1.03 bits per heavy atom. The quantitative estimate of drug-likeness (QED) is 0.165. The number of rotatable bonds is 6. The number of fused-ring (bicyclic) bond motifs is 12. The van der Waals surface area contributed by atoms with Crippen molar-refractivity contribution in [3.63, 3.8) is 0 Å². The lowest BCUT2D eigenvalue weighted by molar-refractivity contribution is 0.659. The Balaban J connectivity index is 0.894. The topological polar surface area (TPSA) is 16.4 Å². The van der Waals surface area contributed by atoms with E-state index in [9.17, 15) is 0 Å². The third-order valence-electron chi connectivity index (χ3n) is 16.7. The van der Waals surface area contributed by atoms with Crippen molar-refractivity contribution >= 4 is 39.0 Å². The van der Waals surface area contributed by atoms with E-state index in [1.54, 1.807) is 0 Å². The second-order valence-electron chi connectivity index (χ2n) is 21.7. The van der Waals surface area contributed by atoms with Gasteiger partial charge in [0.05, 0.1) is 0 Å². The van der Waals surface area contributed by atoms with E-state index < -0.39 is 0 Å². The predicted octanol–water partition coefficient (Wildman–Crippen LogP) is 19.0. The number of furan rings is 1. The smallest absolute Gasteiger partial charge is 0.135 e. The van der Waals surface area contributed by atoms with Crippen LogP contribution in [0.5, 0.6) is 0 Å². The van der Waals surface area contributed by atoms with Crippen LogP contribution in [0.3, 0.4) is 0 Å². The van der Waals surface area contributed by atoms with Crippen LogP contribution in [0, 0.1) is 0 Å². The van der Waals surface area contributed by atoms with E-state index in [0.29, 0.717) is 0 Å². The summed E-state index contributed by atoms with van der Waals surface area (Å²) in [5.41, 5.74) is 28.1. The Morgan fingerprint density at radius 1 is 0.268 bits per heavy atom. The third kappa shape index (κ3) is 6.13. The minimum Gasteiger partial charge on any atom is -0.456 e. The van der Waals surface area contributed by atoms with Crippen molar-refractivity contribution in [3.05, 3.63) is 246 Å². The van der Waals surface area contributed by atoms with Gasteiger partial charge in [-0.15, -0.1) is 0 Å². The molecule has 340 valence electrons. The molecule has 1 heterocycles. The van der Waals surface area contributed by atoms with Crippen molar-refractivity contribution in [2.75, 3.05) is 4.90 Å². The highest BCUT2D eigenvalue weighted by Gasteiger charge is 2.40. The Kier molecular flexibility index (Phi) is 8.76. The predicted molar refractivity (Wildman–Crippen MR) is 297 cm³/mol. The number of anilines is 3. The summed E-state index contributed by atoms with van der Waals surface area (Å²) >= 11 is 0.